The molecule has 0 aliphatic carbocycles. The molecule has 4 aromatic heterocycles. The largest absolute Gasteiger partial charge is 0.278 e. The fourth-order valence-corrected chi connectivity index (χ4v) is 9.16. The van der Waals surface area contributed by atoms with Crippen LogP contribution in [0.3, 0.4) is 0 Å². The minimum Gasteiger partial charge on any atom is -0.278 e. The molecule has 0 aliphatic heterocycles. The second-order valence-corrected chi connectivity index (χ2v) is 13.3. The lowest BCUT2D eigenvalue weighted by Crippen LogP contribution is -2.06. The maximum atomic E-state index is 5.17. The van der Waals surface area contributed by atoms with Crippen LogP contribution in [-0.2, 0) is 0 Å². The molecule has 10 aromatic rings. The molecule has 0 spiro atoms. The van der Waals surface area contributed by atoms with Crippen molar-refractivity contribution in [3.8, 4) is 28.7 Å². The molecule has 6 aromatic carbocycles. The van der Waals surface area contributed by atoms with Gasteiger partial charge in [0, 0.05) is 62.2 Å². The van der Waals surface area contributed by atoms with E-state index in [1.807, 2.05) is 59.1 Å². The molecule has 0 unspecified atom stereocenters. The van der Waals surface area contributed by atoms with E-state index in [2.05, 4.69) is 102 Å². The Bertz CT molecular complexity index is 2570. The molecular formula is C39H22N4S2. The summed E-state index contributed by atoms with van der Waals surface area (Å²) < 4.78 is 7.43. The SMILES string of the molecule is c1ccc(-c2nc(-c3ccccc3)nc(-n3c4ccc5c6ccccc6sc5c4c4c5sc6ccccc6c5ccc43)n2)cc1. The molecule has 210 valence electrons. The Kier molecular flexibility index (Phi) is 5.29. The van der Waals surface area contributed by atoms with Gasteiger partial charge in [0.05, 0.1) is 11.0 Å². The first-order valence-electron chi connectivity index (χ1n) is 14.9. The lowest BCUT2D eigenvalue weighted by molar-refractivity contribution is 0.954. The van der Waals surface area contributed by atoms with Gasteiger partial charge < -0.3 is 0 Å². The summed E-state index contributed by atoms with van der Waals surface area (Å²) in [5.41, 5.74) is 4.10. The summed E-state index contributed by atoms with van der Waals surface area (Å²) in [4.78, 5) is 15.3. The first-order valence-corrected chi connectivity index (χ1v) is 16.5. The lowest BCUT2D eigenvalue weighted by Gasteiger charge is -2.11. The van der Waals surface area contributed by atoms with Gasteiger partial charge in [-0.1, -0.05) is 109 Å². The zero-order chi connectivity index (χ0) is 29.5. The molecule has 10 rings (SSSR count). The highest BCUT2D eigenvalue weighted by atomic mass is 32.1. The standard InChI is InChI=1S/C39H22N4S2/c1-3-11-23(12-4-1)37-40-38(24-13-5-2-6-14-24)42-39(41-37)43-29-21-19-27-25-15-7-9-17-31(25)44-35(27)33(29)34-30(43)22-20-28-26-16-8-10-18-32(26)45-36(28)34/h1-22H. The number of aromatic nitrogens is 4. The van der Waals surface area contributed by atoms with Crippen LogP contribution in [0.1, 0.15) is 0 Å². The quantitative estimate of drug-likeness (QED) is 0.200. The highest BCUT2D eigenvalue weighted by molar-refractivity contribution is 7.28. The predicted molar refractivity (Wildman–Crippen MR) is 191 cm³/mol. The minimum absolute atomic E-state index is 0.614. The summed E-state index contributed by atoms with van der Waals surface area (Å²) in [6, 6.07) is 46.9. The van der Waals surface area contributed by atoms with E-state index in [0.717, 1.165) is 22.2 Å². The van der Waals surface area contributed by atoms with Gasteiger partial charge in [-0.25, -0.2) is 4.98 Å². The molecule has 0 N–H and O–H groups in total. The number of nitrogens with zero attached hydrogens (tertiary/aromatic N) is 4. The molecule has 0 bridgehead atoms. The first-order chi connectivity index (χ1) is 22.3. The Hall–Kier alpha value is -5.43. The molecule has 0 amide bonds. The molecular weight excluding hydrogens is 589 g/mol. The van der Waals surface area contributed by atoms with Gasteiger partial charge in [-0.05, 0) is 24.3 Å². The molecule has 0 radical (unpaired) electrons. The molecule has 0 atom stereocenters. The second kappa shape index (κ2) is 9.53. The maximum absolute atomic E-state index is 5.17. The van der Waals surface area contributed by atoms with Gasteiger partial charge in [0.1, 0.15) is 0 Å². The lowest BCUT2D eigenvalue weighted by atomic mass is 10.1. The molecule has 0 saturated carbocycles. The molecule has 4 nitrogen and oxygen atoms in total. The molecule has 6 heteroatoms. The van der Waals surface area contributed by atoms with Crippen LogP contribution >= 0.6 is 22.7 Å². The normalized spacial score (nSPS) is 12.0. The average Bonchev–Trinajstić information content (AvgIpc) is 3.78. The Morgan fingerprint density at radius 2 is 0.844 bits per heavy atom. The van der Waals surface area contributed by atoms with E-state index < -0.39 is 0 Å². The number of thiophene rings is 2. The molecule has 45 heavy (non-hydrogen) atoms. The molecule has 4 heterocycles. The van der Waals surface area contributed by atoms with Crippen LogP contribution in [0.25, 0.3) is 90.9 Å². The summed E-state index contributed by atoms with van der Waals surface area (Å²) in [5.74, 6) is 1.92. The minimum atomic E-state index is 0.614. The molecule has 0 aliphatic rings. The van der Waals surface area contributed by atoms with Crippen LogP contribution in [0.5, 0.6) is 0 Å². The van der Waals surface area contributed by atoms with Gasteiger partial charge in [-0.15, -0.1) is 22.7 Å². The number of hydrogen-bond acceptors (Lipinski definition) is 5. The van der Waals surface area contributed by atoms with Crippen molar-refractivity contribution in [1.82, 2.24) is 19.5 Å². The zero-order valence-electron chi connectivity index (χ0n) is 23.8. The van der Waals surface area contributed by atoms with Crippen LogP contribution in [-0.4, -0.2) is 19.5 Å². The van der Waals surface area contributed by atoms with E-state index in [4.69, 9.17) is 15.0 Å². The van der Waals surface area contributed by atoms with Crippen LogP contribution in [0.15, 0.2) is 133 Å². The van der Waals surface area contributed by atoms with E-state index in [9.17, 15) is 0 Å². The topological polar surface area (TPSA) is 43.6 Å². The Morgan fingerprint density at radius 1 is 0.400 bits per heavy atom. The van der Waals surface area contributed by atoms with Crippen molar-refractivity contribution in [3.05, 3.63) is 133 Å². The third-order valence-electron chi connectivity index (χ3n) is 8.67. The van der Waals surface area contributed by atoms with Crippen molar-refractivity contribution in [3.63, 3.8) is 0 Å². The van der Waals surface area contributed by atoms with Gasteiger partial charge in [-0.3, -0.25) is 4.57 Å². The Balaban J connectivity index is 1.39. The fourth-order valence-electron chi connectivity index (χ4n) is 6.66. The predicted octanol–water partition coefficient (Wildman–Crippen LogP) is 11.0. The average molecular weight is 611 g/mol. The van der Waals surface area contributed by atoms with Gasteiger partial charge in [0.25, 0.3) is 0 Å². The van der Waals surface area contributed by atoms with Crippen LogP contribution in [0.2, 0.25) is 0 Å². The number of fused-ring (bicyclic) bond motifs is 11. The fraction of sp³-hybridized carbons (Fsp3) is 0. The highest BCUT2D eigenvalue weighted by Gasteiger charge is 2.23. The Labute approximate surface area is 265 Å². The van der Waals surface area contributed by atoms with Crippen molar-refractivity contribution in [2.24, 2.45) is 0 Å². The number of hydrogen-bond donors (Lipinski definition) is 0. The summed E-state index contributed by atoms with van der Waals surface area (Å²) in [6.07, 6.45) is 0. The summed E-state index contributed by atoms with van der Waals surface area (Å²) in [6.45, 7) is 0. The van der Waals surface area contributed by atoms with E-state index in [-0.39, 0.29) is 0 Å². The summed E-state index contributed by atoms with van der Waals surface area (Å²) >= 11 is 3.74. The first kappa shape index (κ1) is 25.0. The summed E-state index contributed by atoms with van der Waals surface area (Å²) in [7, 11) is 0. The van der Waals surface area contributed by atoms with Crippen molar-refractivity contribution in [1.29, 1.82) is 0 Å². The summed E-state index contributed by atoms with van der Waals surface area (Å²) in [5, 5.41) is 7.66. The highest BCUT2D eigenvalue weighted by Crippen LogP contribution is 2.47. The maximum Gasteiger partial charge on any atom is 0.238 e. The zero-order valence-corrected chi connectivity index (χ0v) is 25.4. The second-order valence-electron chi connectivity index (χ2n) is 11.2. The van der Waals surface area contributed by atoms with Crippen LogP contribution in [0, 0.1) is 0 Å². The molecule has 0 saturated heterocycles. The van der Waals surface area contributed by atoms with E-state index in [0.29, 0.717) is 17.6 Å². The van der Waals surface area contributed by atoms with Crippen LogP contribution in [0.4, 0.5) is 0 Å². The van der Waals surface area contributed by atoms with Gasteiger partial charge in [-0.2, -0.15) is 9.97 Å². The monoisotopic (exact) mass is 610 g/mol. The number of benzene rings is 6. The smallest absolute Gasteiger partial charge is 0.238 e. The van der Waals surface area contributed by atoms with Crippen molar-refractivity contribution in [2.45, 2.75) is 0 Å². The number of rotatable bonds is 3. The van der Waals surface area contributed by atoms with E-state index in [1.54, 1.807) is 0 Å². The van der Waals surface area contributed by atoms with Gasteiger partial charge in [0.15, 0.2) is 11.6 Å². The van der Waals surface area contributed by atoms with Gasteiger partial charge in [0.2, 0.25) is 5.95 Å². The van der Waals surface area contributed by atoms with Crippen LogP contribution < -0.4 is 0 Å². The third kappa shape index (κ3) is 3.67. The van der Waals surface area contributed by atoms with E-state index in [1.165, 1.54) is 51.1 Å². The van der Waals surface area contributed by atoms with Crippen molar-refractivity contribution in [2.75, 3.05) is 0 Å². The Morgan fingerprint density at radius 3 is 1.33 bits per heavy atom. The molecule has 0 fully saturated rings. The van der Waals surface area contributed by atoms with Gasteiger partial charge >= 0.3 is 0 Å². The third-order valence-corrected chi connectivity index (χ3v) is 11.1. The van der Waals surface area contributed by atoms with Crippen molar-refractivity contribution >= 4 is 84.8 Å². The van der Waals surface area contributed by atoms with E-state index >= 15 is 0 Å². The van der Waals surface area contributed by atoms with Crippen molar-refractivity contribution < 1.29 is 0 Å².